The summed E-state index contributed by atoms with van der Waals surface area (Å²) in [7, 11) is 0. The first-order valence-corrected chi connectivity index (χ1v) is 8.87. The van der Waals surface area contributed by atoms with Crippen LogP contribution in [0.5, 0.6) is 5.75 Å². The molecule has 1 amide bonds. The monoisotopic (exact) mass is 358 g/mol. The second-order valence-electron chi connectivity index (χ2n) is 6.09. The summed E-state index contributed by atoms with van der Waals surface area (Å²) in [4.78, 5) is 14.2. The number of nitrogens with zero attached hydrogens (tertiary/aromatic N) is 1. The molecule has 23 heavy (non-hydrogen) atoms. The maximum absolute atomic E-state index is 11.8. The standard InChI is InChI=1S/C17H24Cl2N2O2/c1-13-5-9-21(10-6-13)8-2-7-20-17(22)12-23-16-4-3-14(18)11-15(16)19/h3-4,11,13H,2,5-10,12H2,1H3,(H,20,22). The van der Waals surface area contributed by atoms with Gasteiger partial charge in [-0.3, -0.25) is 4.79 Å². The van der Waals surface area contributed by atoms with E-state index < -0.39 is 0 Å². The number of hydrogen-bond donors (Lipinski definition) is 1. The highest BCUT2D eigenvalue weighted by Gasteiger charge is 2.14. The molecule has 6 heteroatoms. The van der Waals surface area contributed by atoms with Crippen LogP contribution >= 0.6 is 23.2 Å². The number of carbonyl (C=O) groups is 1. The summed E-state index contributed by atoms with van der Waals surface area (Å²) in [5.74, 6) is 1.18. The van der Waals surface area contributed by atoms with Gasteiger partial charge in [-0.25, -0.2) is 0 Å². The number of amides is 1. The third-order valence-electron chi connectivity index (χ3n) is 4.10. The zero-order valence-electron chi connectivity index (χ0n) is 13.5. The Kier molecular flexibility index (Phi) is 7.47. The normalized spacial score (nSPS) is 16.3. The highest BCUT2D eigenvalue weighted by molar-refractivity contribution is 6.35. The molecular weight excluding hydrogens is 335 g/mol. The van der Waals surface area contributed by atoms with E-state index >= 15 is 0 Å². The molecule has 1 saturated heterocycles. The number of benzene rings is 1. The molecule has 1 N–H and O–H groups in total. The number of halogens is 2. The highest BCUT2D eigenvalue weighted by atomic mass is 35.5. The zero-order chi connectivity index (χ0) is 16.7. The van der Waals surface area contributed by atoms with Crippen LogP contribution in [0.15, 0.2) is 18.2 Å². The van der Waals surface area contributed by atoms with E-state index in [4.69, 9.17) is 27.9 Å². The Labute approximate surface area is 148 Å². The molecule has 0 aliphatic carbocycles. The van der Waals surface area contributed by atoms with Crippen LogP contribution in [0.25, 0.3) is 0 Å². The quantitative estimate of drug-likeness (QED) is 0.757. The molecule has 0 bridgehead atoms. The van der Waals surface area contributed by atoms with Crippen LogP contribution < -0.4 is 10.1 Å². The Morgan fingerprint density at radius 3 is 2.78 bits per heavy atom. The van der Waals surface area contributed by atoms with E-state index in [1.807, 2.05) is 0 Å². The van der Waals surface area contributed by atoms with Gasteiger partial charge < -0.3 is 15.0 Å². The van der Waals surface area contributed by atoms with Crippen LogP contribution in [0, 0.1) is 5.92 Å². The van der Waals surface area contributed by atoms with Gasteiger partial charge in [-0.2, -0.15) is 0 Å². The number of likely N-dealkylation sites (tertiary alicyclic amines) is 1. The lowest BCUT2D eigenvalue weighted by molar-refractivity contribution is -0.123. The molecule has 0 spiro atoms. The van der Waals surface area contributed by atoms with Crippen molar-refractivity contribution in [1.82, 2.24) is 10.2 Å². The van der Waals surface area contributed by atoms with E-state index in [0.717, 1.165) is 18.9 Å². The predicted octanol–water partition coefficient (Wildman–Crippen LogP) is 3.61. The third-order valence-corrected chi connectivity index (χ3v) is 4.63. The van der Waals surface area contributed by atoms with Crippen LogP contribution in [0.3, 0.4) is 0 Å². The van der Waals surface area contributed by atoms with Crippen molar-refractivity contribution in [3.63, 3.8) is 0 Å². The molecule has 0 saturated carbocycles. The Morgan fingerprint density at radius 1 is 1.35 bits per heavy atom. The fourth-order valence-corrected chi connectivity index (χ4v) is 3.07. The highest BCUT2D eigenvalue weighted by Crippen LogP contribution is 2.27. The summed E-state index contributed by atoms with van der Waals surface area (Å²) in [5, 5.41) is 3.82. The summed E-state index contributed by atoms with van der Waals surface area (Å²) >= 11 is 11.8. The van der Waals surface area contributed by atoms with E-state index in [1.165, 1.54) is 25.9 Å². The van der Waals surface area contributed by atoms with Crippen molar-refractivity contribution < 1.29 is 9.53 Å². The minimum atomic E-state index is -0.136. The number of piperidine rings is 1. The van der Waals surface area contributed by atoms with E-state index in [0.29, 0.717) is 22.3 Å². The fraction of sp³-hybridized carbons (Fsp3) is 0.588. The summed E-state index contributed by atoms with van der Waals surface area (Å²) in [6, 6.07) is 4.94. The molecule has 1 aromatic rings. The molecule has 2 rings (SSSR count). The molecule has 1 heterocycles. The molecule has 1 fully saturated rings. The van der Waals surface area contributed by atoms with E-state index in [-0.39, 0.29) is 12.5 Å². The lowest BCUT2D eigenvalue weighted by Gasteiger charge is -2.30. The molecule has 1 aliphatic heterocycles. The summed E-state index contributed by atoms with van der Waals surface area (Å²) in [5.41, 5.74) is 0. The smallest absolute Gasteiger partial charge is 0.257 e. The van der Waals surface area contributed by atoms with Crippen LogP contribution in [-0.4, -0.2) is 43.6 Å². The molecule has 4 nitrogen and oxygen atoms in total. The van der Waals surface area contributed by atoms with Crippen molar-refractivity contribution in [3.8, 4) is 5.75 Å². The Morgan fingerprint density at radius 2 is 2.09 bits per heavy atom. The molecular formula is C17H24Cl2N2O2. The van der Waals surface area contributed by atoms with E-state index in [1.54, 1.807) is 18.2 Å². The number of nitrogens with one attached hydrogen (secondary N) is 1. The number of carbonyl (C=O) groups excluding carboxylic acids is 1. The minimum absolute atomic E-state index is 0.0391. The largest absolute Gasteiger partial charge is 0.482 e. The number of rotatable bonds is 7. The minimum Gasteiger partial charge on any atom is -0.482 e. The molecule has 0 radical (unpaired) electrons. The van der Waals surface area contributed by atoms with Gasteiger partial charge >= 0.3 is 0 Å². The first kappa shape index (κ1) is 18.4. The van der Waals surface area contributed by atoms with Crippen molar-refractivity contribution in [1.29, 1.82) is 0 Å². The Bertz CT molecular complexity index is 517. The Balaban J connectivity index is 1.58. The SMILES string of the molecule is CC1CCN(CCCNC(=O)COc2ccc(Cl)cc2Cl)CC1. The average molecular weight is 359 g/mol. The molecule has 1 aliphatic rings. The van der Waals surface area contributed by atoms with Gasteiger partial charge in [-0.15, -0.1) is 0 Å². The van der Waals surface area contributed by atoms with E-state index in [9.17, 15) is 4.79 Å². The van der Waals surface area contributed by atoms with Crippen molar-refractivity contribution >= 4 is 29.1 Å². The predicted molar refractivity (Wildman–Crippen MR) is 94.4 cm³/mol. The number of hydrogen-bond acceptors (Lipinski definition) is 3. The second kappa shape index (κ2) is 9.36. The van der Waals surface area contributed by atoms with Gasteiger partial charge in [0.2, 0.25) is 0 Å². The summed E-state index contributed by atoms with van der Waals surface area (Å²) in [6.45, 7) is 6.33. The maximum Gasteiger partial charge on any atom is 0.257 e. The van der Waals surface area contributed by atoms with Gasteiger partial charge in [-0.05, 0) is 63.0 Å². The van der Waals surface area contributed by atoms with Gasteiger partial charge in [0.15, 0.2) is 6.61 Å². The molecule has 0 atom stereocenters. The van der Waals surface area contributed by atoms with Crippen LogP contribution in [0.2, 0.25) is 10.0 Å². The van der Waals surface area contributed by atoms with Gasteiger partial charge in [0.25, 0.3) is 5.91 Å². The van der Waals surface area contributed by atoms with Crippen molar-refractivity contribution in [3.05, 3.63) is 28.2 Å². The lowest BCUT2D eigenvalue weighted by atomic mass is 9.99. The van der Waals surface area contributed by atoms with Crippen molar-refractivity contribution in [2.45, 2.75) is 26.2 Å². The third kappa shape index (κ3) is 6.58. The molecule has 0 unspecified atom stereocenters. The van der Waals surface area contributed by atoms with Crippen LogP contribution in [-0.2, 0) is 4.79 Å². The van der Waals surface area contributed by atoms with Gasteiger partial charge in [0.1, 0.15) is 5.75 Å². The van der Waals surface area contributed by atoms with Gasteiger partial charge in [0.05, 0.1) is 5.02 Å². The first-order valence-electron chi connectivity index (χ1n) is 8.11. The average Bonchev–Trinajstić information content (AvgIpc) is 2.52. The molecule has 128 valence electrons. The van der Waals surface area contributed by atoms with Gasteiger partial charge in [0, 0.05) is 11.6 Å². The summed E-state index contributed by atoms with van der Waals surface area (Å²) < 4.78 is 5.40. The zero-order valence-corrected chi connectivity index (χ0v) is 15.0. The van der Waals surface area contributed by atoms with Crippen molar-refractivity contribution in [2.24, 2.45) is 5.92 Å². The maximum atomic E-state index is 11.8. The second-order valence-corrected chi connectivity index (χ2v) is 6.93. The van der Waals surface area contributed by atoms with Crippen LogP contribution in [0.1, 0.15) is 26.2 Å². The summed E-state index contributed by atoms with van der Waals surface area (Å²) in [6.07, 6.45) is 3.52. The Hall–Kier alpha value is -0.970. The van der Waals surface area contributed by atoms with Gasteiger partial charge in [-0.1, -0.05) is 30.1 Å². The van der Waals surface area contributed by atoms with Crippen molar-refractivity contribution in [2.75, 3.05) is 32.8 Å². The molecule has 0 aromatic heterocycles. The van der Waals surface area contributed by atoms with Crippen LogP contribution in [0.4, 0.5) is 0 Å². The first-order chi connectivity index (χ1) is 11.0. The molecule has 1 aromatic carbocycles. The topological polar surface area (TPSA) is 41.6 Å². The lowest BCUT2D eigenvalue weighted by Crippen LogP contribution is -2.36. The van der Waals surface area contributed by atoms with E-state index in [2.05, 4.69) is 17.1 Å². The number of ether oxygens (including phenoxy) is 1. The fourth-order valence-electron chi connectivity index (χ4n) is 2.60.